The first-order chi connectivity index (χ1) is 9.27. The van der Waals surface area contributed by atoms with E-state index < -0.39 is 25.9 Å². The average molecular weight is 321 g/mol. The first-order valence-corrected chi connectivity index (χ1v) is 10.00. The van der Waals surface area contributed by atoms with Crippen LogP contribution in [0.3, 0.4) is 0 Å². The Morgan fingerprint density at radius 3 is 2.65 bits per heavy atom. The molecule has 0 radical (unpaired) electrons. The molecule has 1 saturated heterocycles. The zero-order chi connectivity index (χ0) is 15.0. The molecule has 0 bridgehead atoms. The third-order valence-electron chi connectivity index (χ3n) is 3.54. The van der Waals surface area contributed by atoms with Crippen LogP contribution in [0.15, 0.2) is 11.1 Å². The quantitative estimate of drug-likeness (QED) is 0.879. The van der Waals surface area contributed by atoms with Gasteiger partial charge in [-0.05, 0) is 19.8 Å². The molecule has 0 saturated carbocycles. The first kappa shape index (κ1) is 15.5. The van der Waals surface area contributed by atoms with Gasteiger partial charge in [-0.25, -0.2) is 16.8 Å². The van der Waals surface area contributed by atoms with Crippen molar-refractivity contribution < 1.29 is 16.8 Å². The molecule has 1 fully saturated rings. The number of piperidine rings is 1. The summed E-state index contributed by atoms with van der Waals surface area (Å²) in [4.78, 5) is 0.0840. The van der Waals surface area contributed by atoms with Crippen molar-refractivity contribution in [2.24, 2.45) is 0 Å². The molecule has 2 rings (SSSR count). The SMILES string of the molecule is CCS(=O)(=O)N1CCCC[C@@H]1c1[nH]ncc1S(C)(=O)=O. The zero-order valence-electron chi connectivity index (χ0n) is 11.5. The molecule has 7 nitrogen and oxygen atoms in total. The van der Waals surface area contributed by atoms with Crippen LogP contribution in [0.2, 0.25) is 0 Å². The van der Waals surface area contributed by atoms with Gasteiger partial charge in [0.2, 0.25) is 10.0 Å². The maximum absolute atomic E-state index is 12.2. The smallest absolute Gasteiger partial charge is 0.214 e. The Morgan fingerprint density at radius 2 is 2.05 bits per heavy atom. The van der Waals surface area contributed by atoms with E-state index in [4.69, 9.17) is 0 Å². The van der Waals surface area contributed by atoms with E-state index >= 15 is 0 Å². The molecule has 114 valence electrons. The molecule has 9 heteroatoms. The molecule has 1 atom stereocenters. The van der Waals surface area contributed by atoms with Crippen molar-refractivity contribution in [3.05, 3.63) is 11.9 Å². The third kappa shape index (κ3) is 2.89. The van der Waals surface area contributed by atoms with Gasteiger partial charge in [0, 0.05) is 12.8 Å². The van der Waals surface area contributed by atoms with Gasteiger partial charge in [-0.15, -0.1) is 0 Å². The van der Waals surface area contributed by atoms with Gasteiger partial charge in [0.05, 0.1) is 23.7 Å². The van der Waals surface area contributed by atoms with E-state index in [1.807, 2.05) is 0 Å². The highest BCUT2D eigenvalue weighted by Gasteiger charge is 2.35. The summed E-state index contributed by atoms with van der Waals surface area (Å²) >= 11 is 0. The maximum Gasteiger partial charge on any atom is 0.214 e. The number of rotatable bonds is 4. The highest BCUT2D eigenvalue weighted by Crippen LogP contribution is 2.35. The molecule has 0 amide bonds. The van der Waals surface area contributed by atoms with Gasteiger partial charge >= 0.3 is 0 Å². The fourth-order valence-electron chi connectivity index (χ4n) is 2.51. The van der Waals surface area contributed by atoms with Crippen molar-refractivity contribution in [1.29, 1.82) is 0 Å². The summed E-state index contributed by atoms with van der Waals surface area (Å²) in [6.45, 7) is 2.01. The molecule has 0 aliphatic carbocycles. The molecule has 0 aromatic carbocycles. The standard InChI is InChI=1S/C11H19N3O4S2/c1-3-20(17,18)14-7-5-4-6-9(14)11-10(8-12-13-11)19(2,15)16/h8-9H,3-7H2,1-2H3,(H,12,13)/t9-/m1/s1. The molecule has 0 unspecified atom stereocenters. The fourth-order valence-corrected chi connectivity index (χ4v) is 4.67. The monoisotopic (exact) mass is 321 g/mol. The van der Waals surface area contributed by atoms with Gasteiger partial charge in [-0.3, -0.25) is 5.10 Å². The molecular formula is C11H19N3O4S2. The summed E-state index contributed by atoms with van der Waals surface area (Å²) in [7, 11) is -6.80. The van der Waals surface area contributed by atoms with Crippen molar-refractivity contribution in [2.45, 2.75) is 37.1 Å². The number of sulfone groups is 1. The number of aromatic nitrogens is 2. The number of nitrogens with zero attached hydrogens (tertiary/aromatic N) is 2. The van der Waals surface area contributed by atoms with Crippen LogP contribution in [0, 0.1) is 0 Å². The molecule has 1 aliphatic rings. The molecule has 1 aliphatic heterocycles. The lowest BCUT2D eigenvalue weighted by Gasteiger charge is -2.34. The lowest BCUT2D eigenvalue weighted by Crippen LogP contribution is -2.39. The normalized spacial score (nSPS) is 22.0. The van der Waals surface area contributed by atoms with Crippen LogP contribution in [0.1, 0.15) is 37.9 Å². The number of aromatic amines is 1. The topological polar surface area (TPSA) is 100 Å². The van der Waals surface area contributed by atoms with E-state index in [1.54, 1.807) is 6.92 Å². The maximum atomic E-state index is 12.2. The van der Waals surface area contributed by atoms with Crippen LogP contribution >= 0.6 is 0 Å². The predicted molar refractivity (Wildman–Crippen MR) is 74.5 cm³/mol. The van der Waals surface area contributed by atoms with Crippen LogP contribution in [-0.4, -0.2) is 49.9 Å². The van der Waals surface area contributed by atoms with Gasteiger partial charge in [0.1, 0.15) is 4.90 Å². The summed E-state index contributed by atoms with van der Waals surface area (Å²) < 4.78 is 49.2. The molecule has 1 aromatic rings. The minimum absolute atomic E-state index is 0.00580. The van der Waals surface area contributed by atoms with Gasteiger partial charge in [-0.2, -0.15) is 9.40 Å². The second kappa shape index (κ2) is 5.45. The predicted octanol–water partition coefficient (Wildman–Crippen LogP) is 0.690. The molecule has 1 aromatic heterocycles. The minimum Gasteiger partial charge on any atom is -0.280 e. The van der Waals surface area contributed by atoms with Crippen LogP contribution in [0.4, 0.5) is 0 Å². The van der Waals surface area contributed by atoms with Crippen LogP contribution in [0.5, 0.6) is 0 Å². The van der Waals surface area contributed by atoms with Crippen LogP contribution < -0.4 is 0 Å². The van der Waals surface area contributed by atoms with Crippen molar-refractivity contribution >= 4 is 19.9 Å². The molecule has 1 N–H and O–H groups in total. The second-order valence-corrected chi connectivity index (χ2v) is 9.14. The molecule has 2 heterocycles. The van der Waals surface area contributed by atoms with Crippen molar-refractivity contribution in [2.75, 3.05) is 18.6 Å². The number of hydrogen-bond acceptors (Lipinski definition) is 5. The highest BCUT2D eigenvalue weighted by atomic mass is 32.2. The summed E-state index contributed by atoms with van der Waals surface area (Å²) in [5.41, 5.74) is 0.379. The highest BCUT2D eigenvalue weighted by molar-refractivity contribution is 7.90. The van der Waals surface area contributed by atoms with Gasteiger partial charge in [0.15, 0.2) is 9.84 Å². The van der Waals surface area contributed by atoms with Gasteiger partial charge < -0.3 is 0 Å². The molecule has 0 spiro atoms. The Morgan fingerprint density at radius 1 is 1.35 bits per heavy atom. The van der Waals surface area contributed by atoms with Crippen LogP contribution in [-0.2, 0) is 19.9 Å². The number of sulfonamides is 1. The Hall–Kier alpha value is -0.930. The summed E-state index contributed by atoms with van der Waals surface area (Å²) in [6.07, 6.45) is 4.60. The summed E-state index contributed by atoms with van der Waals surface area (Å²) in [6, 6.07) is -0.471. The third-order valence-corrected chi connectivity index (χ3v) is 6.55. The fraction of sp³-hybridized carbons (Fsp3) is 0.727. The van der Waals surface area contributed by atoms with Crippen molar-refractivity contribution in [1.82, 2.24) is 14.5 Å². The zero-order valence-corrected chi connectivity index (χ0v) is 13.2. The average Bonchev–Trinajstić information content (AvgIpc) is 2.88. The minimum atomic E-state index is -3.43. The summed E-state index contributed by atoms with van der Waals surface area (Å²) in [5.74, 6) is 0.00580. The Kier molecular flexibility index (Phi) is 4.22. The van der Waals surface area contributed by atoms with Gasteiger partial charge in [-0.1, -0.05) is 6.42 Å². The van der Waals surface area contributed by atoms with E-state index in [1.165, 1.54) is 10.5 Å². The first-order valence-electron chi connectivity index (χ1n) is 6.50. The molecular weight excluding hydrogens is 302 g/mol. The number of nitrogens with one attached hydrogen (secondary N) is 1. The van der Waals surface area contributed by atoms with E-state index in [9.17, 15) is 16.8 Å². The van der Waals surface area contributed by atoms with E-state index in [-0.39, 0.29) is 10.6 Å². The van der Waals surface area contributed by atoms with E-state index in [2.05, 4.69) is 10.2 Å². The summed E-state index contributed by atoms with van der Waals surface area (Å²) in [5, 5.41) is 6.45. The number of H-pyrrole nitrogens is 1. The van der Waals surface area contributed by atoms with Crippen LogP contribution in [0.25, 0.3) is 0 Å². The number of hydrogen-bond donors (Lipinski definition) is 1. The Labute approximate surface area is 119 Å². The van der Waals surface area contributed by atoms with E-state index in [0.29, 0.717) is 18.7 Å². The molecule has 20 heavy (non-hydrogen) atoms. The van der Waals surface area contributed by atoms with Gasteiger partial charge in [0.25, 0.3) is 0 Å². The van der Waals surface area contributed by atoms with E-state index in [0.717, 1.165) is 19.1 Å². The lowest BCUT2D eigenvalue weighted by molar-refractivity contribution is 0.249. The second-order valence-electron chi connectivity index (χ2n) is 4.94. The van der Waals surface area contributed by atoms with Crippen molar-refractivity contribution in [3.8, 4) is 0 Å². The Balaban J connectivity index is 2.47. The van der Waals surface area contributed by atoms with Crippen molar-refractivity contribution in [3.63, 3.8) is 0 Å². The largest absolute Gasteiger partial charge is 0.280 e. The lowest BCUT2D eigenvalue weighted by atomic mass is 10.0. The Bertz CT molecular complexity index is 678.